The standard InChI is InChI=1S/C17H23F3N4O2/c1-21-8-10-22(11-9-21)13-4-6-23(7-5-13)16-3-2-14(24(25)26)12-15(16)17(18,19)20/h2-3,12-13H,4-11H2,1H3. The van der Waals surface area contributed by atoms with E-state index in [0.29, 0.717) is 25.2 Å². The Morgan fingerprint density at radius 1 is 1.08 bits per heavy atom. The number of hydrogen-bond acceptors (Lipinski definition) is 5. The van der Waals surface area contributed by atoms with Crippen LogP contribution < -0.4 is 4.90 Å². The van der Waals surface area contributed by atoms with Crippen LogP contribution in [0, 0.1) is 10.1 Å². The van der Waals surface area contributed by atoms with Crippen LogP contribution >= 0.6 is 0 Å². The lowest BCUT2D eigenvalue weighted by molar-refractivity contribution is -0.385. The lowest BCUT2D eigenvalue weighted by atomic mass is 10.00. The number of piperazine rings is 1. The Balaban J connectivity index is 1.72. The summed E-state index contributed by atoms with van der Waals surface area (Å²) in [7, 11) is 2.09. The summed E-state index contributed by atoms with van der Waals surface area (Å²) in [5.41, 5.74) is -1.42. The molecule has 1 aromatic rings. The third kappa shape index (κ3) is 4.09. The first-order valence-electron chi connectivity index (χ1n) is 8.79. The number of nitro benzene ring substituents is 1. The van der Waals surface area contributed by atoms with Crippen molar-refractivity contribution in [3.63, 3.8) is 0 Å². The third-order valence-electron chi connectivity index (χ3n) is 5.36. The van der Waals surface area contributed by atoms with Crippen molar-refractivity contribution in [2.24, 2.45) is 0 Å². The van der Waals surface area contributed by atoms with Gasteiger partial charge in [0, 0.05) is 63.1 Å². The van der Waals surface area contributed by atoms with Crippen molar-refractivity contribution in [2.75, 3.05) is 51.2 Å². The zero-order valence-corrected chi connectivity index (χ0v) is 14.7. The van der Waals surface area contributed by atoms with Crippen molar-refractivity contribution in [1.82, 2.24) is 9.80 Å². The smallest absolute Gasteiger partial charge is 0.371 e. The van der Waals surface area contributed by atoms with Gasteiger partial charge >= 0.3 is 6.18 Å². The van der Waals surface area contributed by atoms with E-state index in [0.717, 1.165) is 45.1 Å². The minimum atomic E-state index is -4.62. The summed E-state index contributed by atoms with van der Waals surface area (Å²) in [5.74, 6) is 0. The number of anilines is 1. The van der Waals surface area contributed by atoms with Gasteiger partial charge in [0.2, 0.25) is 0 Å². The molecule has 2 heterocycles. The van der Waals surface area contributed by atoms with E-state index in [9.17, 15) is 23.3 Å². The summed E-state index contributed by atoms with van der Waals surface area (Å²) >= 11 is 0. The maximum absolute atomic E-state index is 13.4. The van der Waals surface area contributed by atoms with Crippen molar-refractivity contribution >= 4 is 11.4 Å². The van der Waals surface area contributed by atoms with Gasteiger partial charge in [0.15, 0.2) is 0 Å². The molecule has 2 aliphatic rings. The van der Waals surface area contributed by atoms with Crippen LogP contribution in [-0.4, -0.2) is 67.1 Å². The van der Waals surface area contributed by atoms with E-state index in [1.807, 2.05) is 0 Å². The number of non-ortho nitro benzene ring substituents is 1. The lowest BCUT2D eigenvalue weighted by Crippen LogP contribution is -2.52. The molecule has 0 bridgehead atoms. The van der Waals surface area contributed by atoms with E-state index in [4.69, 9.17) is 0 Å². The number of rotatable bonds is 3. The Kier molecular flexibility index (Phi) is 5.38. The highest BCUT2D eigenvalue weighted by Crippen LogP contribution is 2.39. The molecule has 144 valence electrons. The van der Waals surface area contributed by atoms with Gasteiger partial charge in [-0.1, -0.05) is 0 Å². The number of alkyl halides is 3. The molecule has 2 aliphatic heterocycles. The maximum Gasteiger partial charge on any atom is 0.418 e. The summed E-state index contributed by atoms with van der Waals surface area (Å²) in [6.45, 7) is 5.07. The quantitative estimate of drug-likeness (QED) is 0.603. The largest absolute Gasteiger partial charge is 0.418 e. The molecule has 0 spiro atoms. The summed E-state index contributed by atoms with van der Waals surface area (Å²) in [6, 6.07) is 3.42. The number of piperidine rings is 1. The number of hydrogen-bond donors (Lipinski definition) is 0. The van der Waals surface area contributed by atoms with Crippen LogP contribution in [0.2, 0.25) is 0 Å². The van der Waals surface area contributed by atoms with Crippen LogP contribution in [0.5, 0.6) is 0 Å². The molecule has 0 unspecified atom stereocenters. The number of halogens is 3. The van der Waals surface area contributed by atoms with Gasteiger partial charge < -0.3 is 9.80 Å². The average molecular weight is 372 g/mol. The monoisotopic (exact) mass is 372 g/mol. The van der Waals surface area contributed by atoms with Gasteiger partial charge in [0.1, 0.15) is 0 Å². The van der Waals surface area contributed by atoms with Crippen LogP contribution in [0.3, 0.4) is 0 Å². The molecule has 0 amide bonds. The van der Waals surface area contributed by atoms with Crippen molar-refractivity contribution in [3.8, 4) is 0 Å². The van der Waals surface area contributed by atoms with E-state index in [2.05, 4.69) is 16.8 Å². The Hall–Kier alpha value is -1.87. The van der Waals surface area contributed by atoms with Crippen molar-refractivity contribution in [3.05, 3.63) is 33.9 Å². The molecule has 0 aromatic heterocycles. The van der Waals surface area contributed by atoms with Crippen molar-refractivity contribution < 1.29 is 18.1 Å². The Labute approximate surface area is 150 Å². The molecule has 3 rings (SSSR count). The minimum absolute atomic E-state index is 0.0416. The summed E-state index contributed by atoms with van der Waals surface area (Å²) in [5, 5.41) is 10.8. The van der Waals surface area contributed by atoms with Gasteiger partial charge in [-0.15, -0.1) is 0 Å². The molecule has 26 heavy (non-hydrogen) atoms. The van der Waals surface area contributed by atoms with E-state index < -0.39 is 22.4 Å². The maximum atomic E-state index is 13.4. The number of nitrogens with zero attached hydrogens (tertiary/aromatic N) is 4. The van der Waals surface area contributed by atoms with Gasteiger partial charge in [-0.25, -0.2) is 0 Å². The van der Waals surface area contributed by atoms with Gasteiger partial charge in [-0.2, -0.15) is 13.2 Å². The van der Waals surface area contributed by atoms with E-state index in [-0.39, 0.29) is 5.69 Å². The van der Waals surface area contributed by atoms with Crippen LogP contribution in [0.1, 0.15) is 18.4 Å². The van der Waals surface area contributed by atoms with Gasteiger partial charge in [-0.3, -0.25) is 15.0 Å². The Morgan fingerprint density at radius 3 is 2.23 bits per heavy atom. The van der Waals surface area contributed by atoms with Crippen LogP contribution in [-0.2, 0) is 6.18 Å². The molecule has 0 aliphatic carbocycles. The minimum Gasteiger partial charge on any atom is -0.371 e. The Bertz CT molecular complexity index is 652. The summed E-state index contributed by atoms with van der Waals surface area (Å²) < 4.78 is 40.2. The van der Waals surface area contributed by atoms with Crippen molar-refractivity contribution in [1.29, 1.82) is 0 Å². The molecule has 2 saturated heterocycles. The zero-order chi connectivity index (χ0) is 18.9. The topological polar surface area (TPSA) is 52.9 Å². The van der Waals surface area contributed by atoms with Gasteiger partial charge in [0.05, 0.1) is 10.5 Å². The summed E-state index contributed by atoms with van der Waals surface area (Å²) in [4.78, 5) is 16.4. The molecule has 6 nitrogen and oxygen atoms in total. The molecule has 0 atom stereocenters. The fourth-order valence-corrected chi connectivity index (χ4v) is 3.80. The fourth-order valence-electron chi connectivity index (χ4n) is 3.80. The summed E-state index contributed by atoms with van der Waals surface area (Å²) in [6.07, 6.45) is -3.01. The highest BCUT2D eigenvalue weighted by atomic mass is 19.4. The first-order valence-corrected chi connectivity index (χ1v) is 8.79. The molecule has 2 fully saturated rings. The number of benzene rings is 1. The van der Waals surface area contributed by atoms with E-state index >= 15 is 0 Å². The zero-order valence-electron chi connectivity index (χ0n) is 14.7. The number of nitro groups is 1. The van der Waals surface area contributed by atoms with E-state index in [1.165, 1.54) is 6.07 Å². The predicted molar refractivity (Wildman–Crippen MR) is 92.4 cm³/mol. The SMILES string of the molecule is CN1CCN(C2CCN(c3ccc([N+](=O)[O-])cc3C(F)(F)F)CC2)CC1. The molecule has 0 saturated carbocycles. The average Bonchev–Trinajstić information content (AvgIpc) is 2.61. The second-order valence-corrected chi connectivity index (χ2v) is 7.01. The van der Waals surface area contributed by atoms with E-state index in [1.54, 1.807) is 4.90 Å². The first kappa shape index (κ1) is 18.9. The second-order valence-electron chi connectivity index (χ2n) is 7.01. The molecular weight excluding hydrogens is 349 g/mol. The molecule has 0 radical (unpaired) electrons. The van der Waals surface area contributed by atoms with Crippen molar-refractivity contribution in [2.45, 2.75) is 25.1 Å². The first-order chi connectivity index (χ1) is 12.3. The molecule has 1 aromatic carbocycles. The molecule has 9 heteroatoms. The van der Waals surface area contributed by atoms with Gasteiger partial charge in [0.25, 0.3) is 5.69 Å². The molecule has 0 N–H and O–H groups in total. The normalized spacial score (nSPS) is 21.2. The van der Waals surface area contributed by atoms with Crippen LogP contribution in [0.15, 0.2) is 18.2 Å². The van der Waals surface area contributed by atoms with Crippen LogP contribution in [0.25, 0.3) is 0 Å². The third-order valence-corrected chi connectivity index (χ3v) is 5.36. The van der Waals surface area contributed by atoms with Gasteiger partial charge in [-0.05, 0) is 26.0 Å². The van der Waals surface area contributed by atoms with Crippen LogP contribution in [0.4, 0.5) is 24.5 Å². The molecular formula is C17H23F3N4O2. The highest BCUT2D eigenvalue weighted by molar-refractivity contribution is 5.59. The Morgan fingerprint density at radius 2 is 1.69 bits per heavy atom. The number of likely N-dealkylation sites (N-methyl/N-ethyl adjacent to an activating group) is 1. The predicted octanol–water partition coefficient (Wildman–Crippen LogP) is 2.83. The highest BCUT2D eigenvalue weighted by Gasteiger charge is 2.37. The second kappa shape index (κ2) is 7.40. The fraction of sp³-hybridized carbons (Fsp3) is 0.647. The lowest BCUT2D eigenvalue weighted by Gasteiger charge is -2.43.